The van der Waals surface area contributed by atoms with Crippen LogP contribution in [0.5, 0.6) is 0 Å². The molecule has 1 fully saturated rings. The summed E-state index contributed by atoms with van der Waals surface area (Å²) < 4.78 is 31.8. The summed E-state index contributed by atoms with van der Waals surface area (Å²) in [5, 5.41) is 8.74. The van der Waals surface area contributed by atoms with Crippen LogP contribution >= 0.6 is 11.3 Å². The normalized spacial score (nSPS) is 21.7. The number of ether oxygens (including phenoxy) is 1. The summed E-state index contributed by atoms with van der Waals surface area (Å²) in [7, 11) is -3.47. The Balaban J connectivity index is 2.23. The average molecular weight is 286 g/mol. The van der Waals surface area contributed by atoms with E-state index in [0.717, 1.165) is 17.8 Å². The zero-order valence-electron chi connectivity index (χ0n) is 10.00. The second kappa shape index (κ2) is 5.36. The molecular weight excluding hydrogens is 272 g/mol. The van der Waals surface area contributed by atoms with E-state index in [-0.39, 0.29) is 10.3 Å². The number of hydrogen-bond donors (Lipinski definition) is 0. The zero-order chi connectivity index (χ0) is 13.2. The number of nitrogens with zero attached hydrogens (tertiary/aromatic N) is 2. The maximum atomic E-state index is 12.3. The van der Waals surface area contributed by atoms with E-state index >= 15 is 0 Å². The lowest BCUT2D eigenvalue weighted by atomic mass is 10.2. The van der Waals surface area contributed by atoms with Crippen LogP contribution in [-0.4, -0.2) is 38.5 Å². The first kappa shape index (κ1) is 13.5. The van der Waals surface area contributed by atoms with Crippen LogP contribution in [0.3, 0.4) is 0 Å². The molecule has 0 spiro atoms. The van der Waals surface area contributed by atoms with Crippen molar-refractivity contribution < 1.29 is 13.2 Å². The van der Waals surface area contributed by atoms with Crippen molar-refractivity contribution in [3.63, 3.8) is 0 Å². The van der Waals surface area contributed by atoms with Gasteiger partial charge in [0, 0.05) is 13.1 Å². The molecule has 0 aliphatic carbocycles. The van der Waals surface area contributed by atoms with Crippen molar-refractivity contribution in [1.82, 2.24) is 4.31 Å². The van der Waals surface area contributed by atoms with E-state index in [1.807, 2.05) is 13.0 Å². The number of rotatable bonds is 3. The lowest BCUT2D eigenvalue weighted by molar-refractivity contribution is -0.00272. The highest BCUT2D eigenvalue weighted by molar-refractivity contribution is 7.91. The van der Waals surface area contributed by atoms with Crippen molar-refractivity contribution in [1.29, 1.82) is 5.26 Å². The van der Waals surface area contributed by atoms with Gasteiger partial charge in [-0.15, -0.1) is 11.3 Å². The van der Waals surface area contributed by atoms with E-state index < -0.39 is 10.0 Å². The standard InChI is InChI=1S/C11H14N2O3S2/c1-2-9-8-13(5-6-16-9)18(14,15)11-4-3-10(7-12)17-11/h3-4,9H,2,5-6,8H2,1H3. The Kier molecular flexibility index (Phi) is 4.02. The molecule has 0 saturated carbocycles. The average Bonchev–Trinajstić information content (AvgIpc) is 2.88. The van der Waals surface area contributed by atoms with Gasteiger partial charge in [0.1, 0.15) is 15.2 Å². The molecule has 2 heterocycles. The van der Waals surface area contributed by atoms with Gasteiger partial charge in [-0.2, -0.15) is 9.57 Å². The maximum Gasteiger partial charge on any atom is 0.252 e. The smallest absolute Gasteiger partial charge is 0.252 e. The van der Waals surface area contributed by atoms with Crippen LogP contribution in [0.15, 0.2) is 16.3 Å². The van der Waals surface area contributed by atoms with Crippen LogP contribution in [0.4, 0.5) is 0 Å². The third kappa shape index (κ3) is 2.57. The van der Waals surface area contributed by atoms with Gasteiger partial charge in [-0.1, -0.05) is 6.92 Å². The molecule has 1 atom stereocenters. The van der Waals surface area contributed by atoms with Crippen LogP contribution in [0.25, 0.3) is 0 Å². The minimum atomic E-state index is -3.47. The molecule has 0 amide bonds. The summed E-state index contributed by atoms with van der Waals surface area (Å²) in [4.78, 5) is 0.411. The van der Waals surface area contributed by atoms with E-state index in [9.17, 15) is 8.42 Å². The summed E-state index contributed by atoms with van der Waals surface area (Å²) in [5.41, 5.74) is 0. The predicted molar refractivity (Wildman–Crippen MR) is 67.8 cm³/mol. The minimum absolute atomic E-state index is 0.0380. The molecule has 1 unspecified atom stereocenters. The van der Waals surface area contributed by atoms with Gasteiger partial charge in [0.05, 0.1) is 12.7 Å². The van der Waals surface area contributed by atoms with Gasteiger partial charge in [-0.05, 0) is 18.6 Å². The zero-order valence-corrected chi connectivity index (χ0v) is 11.6. The molecule has 1 aliphatic rings. The minimum Gasteiger partial charge on any atom is -0.375 e. The number of thiophene rings is 1. The molecule has 1 aromatic rings. The Hall–Kier alpha value is -0.940. The molecule has 5 nitrogen and oxygen atoms in total. The number of morpholine rings is 1. The lowest BCUT2D eigenvalue weighted by Crippen LogP contribution is -2.45. The van der Waals surface area contributed by atoms with Crippen LogP contribution in [0.2, 0.25) is 0 Å². The van der Waals surface area contributed by atoms with Crippen LogP contribution < -0.4 is 0 Å². The first-order valence-corrected chi connectivity index (χ1v) is 7.95. The van der Waals surface area contributed by atoms with Gasteiger partial charge in [-0.3, -0.25) is 0 Å². The maximum absolute atomic E-state index is 12.3. The van der Waals surface area contributed by atoms with Crippen molar-refractivity contribution in [3.8, 4) is 6.07 Å². The van der Waals surface area contributed by atoms with Crippen molar-refractivity contribution in [2.75, 3.05) is 19.7 Å². The topological polar surface area (TPSA) is 70.4 Å². The molecule has 98 valence electrons. The number of nitriles is 1. The molecule has 7 heteroatoms. The van der Waals surface area contributed by atoms with E-state index in [2.05, 4.69) is 0 Å². The second-order valence-electron chi connectivity index (χ2n) is 3.99. The molecule has 1 aromatic heterocycles. The highest BCUT2D eigenvalue weighted by Crippen LogP contribution is 2.26. The van der Waals surface area contributed by atoms with Gasteiger partial charge < -0.3 is 4.74 Å². The second-order valence-corrected chi connectivity index (χ2v) is 7.24. The summed E-state index contributed by atoms with van der Waals surface area (Å²) >= 11 is 1.01. The van der Waals surface area contributed by atoms with E-state index in [1.165, 1.54) is 16.4 Å². The van der Waals surface area contributed by atoms with E-state index in [0.29, 0.717) is 24.6 Å². The van der Waals surface area contributed by atoms with Gasteiger partial charge in [0.15, 0.2) is 0 Å². The summed E-state index contributed by atoms with van der Waals surface area (Å²) in [6.45, 7) is 3.16. The Morgan fingerprint density at radius 2 is 2.39 bits per heavy atom. The molecule has 0 bridgehead atoms. The van der Waals surface area contributed by atoms with Crippen LogP contribution in [0, 0.1) is 11.3 Å². The predicted octanol–water partition coefficient (Wildman–Crippen LogP) is 1.42. The first-order valence-electron chi connectivity index (χ1n) is 5.69. The highest BCUT2D eigenvalue weighted by Gasteiger charge is 2.31. The SMILES string of the molecule is CCC1CN(S(=O)(=O)c2ccc(C#N)s2)CCO1. The Bertz CT molecular complexity index is 559. The van der Waals surface area contributed by atoms with Crippen molar-refractivity contribution in [3.05, 3.63) is 17.0 Å². The largest absolute Gasteiger partial charge is 0.375 e. The van der Waals surface area contributed by atoms with E-state index in [1.54, 1.807) is 0 Å². The molecule has 0 N–H and O–H groups in total. The summed E-state index contributed by atoms with van der Waals surface area (Å²) in [6.07, 6.45) is 0.754. The monoisotopic (exact) mass is 286 g/mol. The van der Waals surface area contributed by atoms with E-state index in [4.69, 9.17) is 10.00 Å². The molecule has 2 rings (SSSR count). The fourth-order valence-corrected chi connectivity index (χ4v) is 4.52. The molecule has 18 heavy (non-hydrogen) atoms. The quantitative estimate of drug-likeness (QED) is 0.842. The summed E-state index contributed by atoms with van der Waals surface area (Å²) in [6, 6.07) is 4.99. The number of sulfonamides is 1. The third-order valence-corrected chi connectivity index (χ3v) is 6.16. The van der Waals surface area contributed by atoms with Gasteiger partial charge >= 0.3 is 0 Å². The van der Waals surface area contributed by atoms with Crippen molar-refractivity contribution in [2.45, 2.75) is 23.7 Å². The first-order chi connectivity index (χ1) is 8.57. The van der Waals surface area contributed by atoms with Gasteiger partial charge in [-0.25, -0.2) is 8.42 Å². The Morgan fingerprint density at radius 1 is 1.61 bits per heavy atom. The molecular formula is C11H14N2O3S2. The van der Waals surface area contributed by atoms with Crippen molar-refractivity contribution >= 4 is 21.4 Å². The molecule has 0 aromatic carbocycles. The summed E-state index contributed by atoms with van der Waals surface area (Å²) in [5.74, 6) is 0. The van der Waals surface area contributed by atoms with Crippen molar-refractivity contribution in [2.24, 2.45) is 0 Å². The Morgan fingerprint density at radius 3 is 3.00 bits per heavy atom. The Labute approximate surface area is 111 Å². The molecule has 1 aliphatic heterocycles. The third-order valence-electron chi connectivity index (χ3n) is 2.84. The fraction of sp³-hybridized carbons (Fsp3) is 0.545. The molecule has 0 radical (unpaired) electrons. The van der Waals surface area contributed by atoms with Crippen LogP contribution in [0.1, 0.15) is 18.2 Å². The fourth-order valence-electron chi connectivity index (χ4n) is 1.80. The highest BCUT2D eigenvalue weighted by atomic mass is 32.2. The lowest BCUT2D eigenvalue weighted by Gasteiger charge is -2.31. The number of hydrogen-bond acceptors (Lipinski definition) is 5. The van der Waals surface area contributed by atoms with Gasteiger partial charge in [0.2, 0.25) is 0 Å². The van der Waals surface area contributed by atoms with Gasteiger partial charge in [0.25, 0.3) is 10.0 Å². The van der Waals surface area contributed by atoms with Crippen LogP contribution in [-0.2, 0) is 14.8 Å². The molecule has 1 saturated heterocycles.